The van der Waals surface area contributed by atoms with Gasteiger partial charge in [-0.2, -0.15) is 0 Å². The number of β-amino-alcohol motifs (C(OH)–C–C–N with tert-alkyl or cyclic N) is 1. The number of benzene rings is 2. The van der Waals surface area contributed by atoms with E-state index in [-0.39, 0.29) is 37.6 Å². The Morgan fingerprint density at radius 2 is 1.95 bits per heavy atom. The second-order valence-electron chi connectivity index (χ2n) is 10.5. The molecular formula is C30H33ClFN5O4. The van der Waals surface area contributed by atoms with Gasteiger partial charge < -0.3 is 26.4 Å². The standard InChI is InChI=1S/C30H32FN5O4.ClH/c1-17(24-13-22(32)9-6-19(24)5-4-18-2-3-18)34-30(40)27-14-23(37)16-36(27)28(38)15-33-29(39)26-10-7-20-12-21(31)8-11-25(20)35-26;/h4-13,17-18,23,27,37H,2-3,14-16,32H2,1H3,(H,33,39)(H,34,40);1H/b5-4+;/t17-,23+,27-;/m0./s1. The molecule has 3 aromatic rings. The lowest BCUT2D eigenvalue weighted by molar-refractivity contribution is -0.138. The first-order valence-corrected chi connectivity index (χ1v) is 13.4. The number of likely N-dealkylation sites (tertiary alicyclic amines) is 1. The lowest BCUT2D eigenvalue weighted by Crippen LogP contribution is -2.49. The highest BCUT2D eigenvalue weighted by Crippen LogP contribution is 2.32. The number of hydrogen-bond acceptors (Lipinski definition) is 6. The van der Waals surface area contributed by atoms with E-state index in [0.717, 1.165) is 11.1 Å². The molecular weight excluding hydrogens is 549 g/mol. The number of nitrogens with two attached hydrogens (primary N) is 1. The monoisotopic (exact) mass is 581 g/mol. The number of pyridine rings is 1. The van der Waals surface area contributed by atoms with Gasteiger partial charge in [0.2, 0.25) is 11.8 Å². The van der Waals surface area contributed by atoms with E-state index < -0.39 is 41.7 Å². The van der Waals surface area contributed by atoms with Crippen molar-refractivity contribution in [1.29, 1.82) is 0 Å². The normalized spacial score (nSPS) is 19.1. The van der Waals surface area contributed by atoms with Crippen LogP contribution in [0.5, 0.6) is 0 Å². The number of nitrogens with one attached hydrogen (secondary N) is 2. The van der Waals surface area contributed by atoms with Gasteiger partial charge >= 0.3 is 0 Å². The molecule has 2 fully saturated rings. The molecule has 0 spiro atoms. The maximum absolute atomic E-state index is 13.4. The molecule has 1 aromatic heterocycles. The number of aliphatic hydroxyl groups excluding tert-OH is 1. The first-order chi connectivity index (χ1) is 19.2. The molecule has 0 unspecified atom stereocenters. The smallest absolute Gasteiger partial charge is 0.270 e. The lowest BCUT2D eigenvalue weighted by Gasteiger charge is -2.26. The first-order valence-electron chi connectivity index (χ1n) is 13.4. The van der Waals surface area contributed by atoms with Gasteiger partial charge in [0.15, 0.2) is 0 Å². The number of carbonyl (C=O) groups excluding carboxylic acids is 3. The number of allylic oxidation sites excluding steroid dienone is 1. The van der Waals surface area contributed by atoms with Crippen LogP contribution in [0.2, 0.25) is 0 Å². The Bertz CT molecular complexity index is 1490. The molecule has 9 nitrogen and oxygen atoms in total. The van der Waals surface area contributed by atoms with Gasteiger partial charge in [-0.1, -0.05) is 24.3 Å². The van der Waals surface area contributed by atoms with Gasteiger partial charge in [0.1, 0.15) is 17.6 Å². The Labute approximate surface area is 243 Å². The molecule has 1 aliphatic carbocycles. The van der Waals surface area contributed by atoms with E-state index in [4.69, 9.17) is 5.73 Å². The summed E-state index contributed by atoms with van der Waals surface area (Å²) in [6.07, 6.45) is 5.81. The number of halogens is 2. The van der Waals surface area contributed by atoms with Crippen molar-refractivity contribution in [2.75, 3.05) is 18.8 Å². The lowest BCUT2D eigenvalue weighted by atomic mass is 9.99. The van der Waals surface area contributed by atoms with Gasteiger partial charge in [-0.25, -0.2) is 9.37 Å². The van der Waals surface area contributed by atoms with Gasteiger partial charge in [-0.3, -0.25) is 14.4 Å². The van der Waals surface area contributed by atoms with Gasteiger partial charge in [-0.15, -0.1) is 12.4 Å². The molecule has 2 aromatic carbocycles. The second kappa shape index (κ2) is 12.7. The Morgan fingerprint density at radius 1 is 1.17 bits per heavy atom. The summed E-state index contributed by atoms with van der Waals surface area (Å²) in [6.45, 7) is 1.46. The van der Waals surface area contributed by atoms with Crippen molar-refractivity contribution >= 4 is 52.8 Å². The molecule has 0 radical (unpaired) electrons. The Hall–Kier alpha value is -4.02. The van der Waals surface area contributed by atoms with Crippen molar-refractivity contribution in [3.05, 3.63) is 77.2 Å². The summed E-state index contributed by atoms with van der Waals surface area (Å²) < 4.78 is 13.4. The van der Waals surface area contributed by atoms with Crippen LogP contribution in [-0.4, -0.2) is 57.9 Å². The second-order valence-corrected chi connectivity index (χ2v) is 10.5. The molecule has 2 aliphatic rings. The van der Waals surface area contributed by atoms with E-state index in [1.54, 1.807) is 6.07 Å². The topological polar surface area (TPSA) is 138 Å². The summed E-state index contributed by atoms with van der Waals surface area (Å²) in [5.41, 5.74) is 8.94. The van der Waals surface area contributed by atoms with Crippen LogP contribution in [-0.2, 0) is 9.59 Å². The summed E-state index contributed by atoms with van der Waals surface area (Å²) in [5, 5.41) is 16.3. The highest BCUT2D eigenvalue weighted by Gasteiger charge is 2.39. The van der Waals surface area contributed by atoms with Crippen molar-refractivity contribution in [3.63, 3.8) is 0 Å². The largest absolute Gasteiger partial charge is 0.399 e. The minimum absolute atomic E-state index is 0. The average Bonchev–Trinajstić information content (AvgIpc) is 3.68. The molecule has 3 amide bonds. The van der Waals surface area contributed by atoms with Crippen LogP contribution in [0.3, 0.4) is 0 Å². The molecule has 2 heterocycles. The van der Waals surface area contributed by atoms with Crippen molar-refractivity contribution in [2.45, 2.75) is 44.4 Å². The number of aliphatic hydroxyl groups is 1. The van der Waals surface area contributed by atoms with E-state index in [1.165, 1.54) is 42.0 Å². The first kappa shape index (κ1) is 30.0. The third kappa shape index (κ3) is 7.20. The van der Waals surface area contributed by atoms with Crippen LogP contribution in [0.25, 0.3) is 17.0 Å². The number of nitrogen functional groups attached to an aromatic ring is 1. The molecule has 216 valence electrons. The fourth-order valence-electron chi connectivity index (χ4n) is 4.94. The van der Waals surface area contributed by atoms with Crippen LogP contribution < -0.4 is 16.4 Å². The maximum atomic E-state index is 13.4. The number of aromatic nitrogens is 1. The number of anilines is 1. The minimum Gasteiger partial charge on any atom is -0.399 e. The number of fused-ring (bicyclic) bond motifs is 1. The Balaban J connectivity index is 0.00000387. The molecule has 41 heavy (non-hydrogen) atoms. The van der Waals surface area contributed by atoms with E-state index in [2.05, 4.69) is 27.8 Å². The van der Waals surface area contributed by atoms with E-state index in [9.17, 15) is 23.9 Å². The fraction of sp³-hybridized carbons (Fsp3) is 0.333. The van der Waals surface area contributed by atoms with Gasteiger partial charge in [0.05, 0.1) is 24.2 Å². The van der Waals surface area contributed by atoms with Crippen molar-refractivity contribution in [2.24, 2.45) is 5.92 Å². The highest BCUT2D eigenvalue weighted by molar-refractivity contribution is 5.97. The third-order valence-corrected chi connectivity index (χ3v) is 7.29. The van der Waals surface area contributed by atoms with Crippen molar-refractivity contribution in [3.8, 4) is 0 Å². The molecule has 11 heteroatoms. The van der Waals surface area contributed by atoms with Gasteiger partial charge in [0.25, 0.3) is 5.91 Å². The quantitative estimate of drug-likeness (QED) is 0.301. The summed E-state index contributed by atoms with van der Waals surface area (Å²) in [4.78, 5) is 44.5. The van der Waals surface area contributed by atoms with Crippen LogP contribution >= 0.6 is 12.4 Å². The van der Waals surface area contributed by atoms with Crippen LogP contribution in [0.1, 0.15) is 53.8 Å². The minimum atomic E-state index is -0.887. The predicted octanol–water partition coefficient (Wildman–Crippen LogP) is 3.37. The van der Waals surface area contributed by atoms with E-state index in [0.29, 0.717) is 22.5 Å². The molecule has 5 rings (SSSR count). The van der Waals surface area contributed by atoms with E-state index in [1.807, 2.05) is 25.1 Å². The summed E-state index contributed by atoms with van der Waals surface area (Å²) >= 11 is 0. The van der Waals surface area contributed by atoms with Crippen LogP contribution in [0.15, 0.2) is 54.6 Å². The van der Waals surface area contributed by atoms with Crippen LogP contribution in [0, 0.1) is 11.7 Å². The maximum Gasteiger partial charge on any atom is 0.270 e. The number of hydrogen-bond donors (Lipinski definition) is 4. The number of amides is 3. The summed E-state index contributed by atoms with van der Waals surface area (Å²) in [7, 11) is 0. The average molecular weight is 582 g/mol. The van der Waals surface area contributed by atoms with Crippen molar-refractivity contribution < 1.29 is 23.9 Å². The van der Waals surface area contributed by atoms with Gasteiger partial charge in [0, 0.05) is 24.0 Å². The fourth-order valence-corrected chi connectivity index (χ4v) is 4.94. The van der Waals surface area contributed by atoms with Crippen LogP contribution in [0.4, 0.5) is 10.1 Å². The zero-order valence-corrected chi connectivity index (χ0v) is 23.4. The summed E-state index contributed by atoms with van der Waals surface area (Å²) in [5.74, 6) is -1.29. The number of rotatable bonds is 8. The van der Waals surface area contributed by atoms with E-state index >= 15 is 0 Å². The number of nitrogens with zero attached hydrogens (tertiary/aromatic N) is 2. The third-order valence-electron chi connectivity index (χ3n) is 7.29. The SMILES string of the molecule is C[C@H](NC(=O)[C@@H]1C[C@@H](O)CN1C(=O)CNC(=O)c1ccc2cc(F)ccc2n1)c1cc(N)ccc1/C=C/C1CC1.Cl. The molecule has 5 N–H and O–H groups in total. The summed E-state index contributed by atoms with van der Waals surface area (Å²) in [6, 6.07) is 11.4. The predicted molar refractivity (Wildman–Crippen MR) is 157 cm³/mol. The van der Waals surface area contributed by atoms with Crippen molar-refractivity contribution in [1.82, 2.24) is 20.5 Å². The highest BCUT2D eigenvalue weighted by atomic mass is 35.5. The molecule has 3 atom stereocenters. The Kier molecular flexibility index (Phi) is 9.25. The van der Waals surface area contributed by atoms with Gasteiger partial charge in [-0.05, 0) is 73.2 Å². The molecule has 1 saturated carbocycles. The molecule has 1 aliphatic heterocycles. The Morgan fingerprint density at radius 3 is 2.71 bits per heavy atom. The zero-order valence-electron chi connectivity index (χ0n) is 22.5. The molecule has 0 bridgehead atoms. The number of carbonyl (C=O) groups is 3. The zero-order chi connectivity index (χ0) is 28.4. The molecule has 1 saturated heterocycles.